The molecular weight excluding hydrogens is 351 g/mol. The number of amides is 2. The first kappa shape index (κ1) is 16.1. The summed E-state index contributed by atoms with van der Waals surface area (Å²) in [6, 6.07) is 2.63. The van der Waals surface area contributed by atoms with Gasteiger partial charge in [0, 0.05) is 18.8 Å². The number of hydrogen-bond acceptors (Lipinski definition) is 2. The Morgan fingerprint density at radius 1 is 1.43 bits per heavy atom. The largest absolute Gasteiger partial charge is 0.395 e. The van der Waals surface area contributed by atoms with Gasteiger partial charge in [0.1, 0.15) is 4.60 Å². The molecule has 0 spiro atoms. The third kappa shape index (κ3) is 5.18. The first-order chi connectivity index (χ1) is 9.86. The van der Waals surface area contributed by atoms with Gasteiger partial charge in [0.05, 0.1) is 5.92 Å². The van der Waals surface area contributed by atoms with Gasteiger partial charge in [-0.1, -0.05) is 6.07 Å². The second kappa shape index (κ2) is 6.64. The summed E-state index contributed by atoms with van der Waals surface area (Å²) in [6.45, 7) is -0.0429. The molecule has 1 unspecified atom stereocenters. The molecule has 1 atom stereocenters. The Balaban J connectivity index is 1.90. The summed E-state index contributed by atoms with van der Waals surface area (Å²) in [5.74, 6) is -1.64. The van der Waals surface area contributed by atoms with Crippen LogP contribution in [0, 0.1) is 0 Å². The van der Waals surface area contributed by atoms with E-state index in [4.69, 9.17) is 0 Å². The number of hydrogen-bond donors (Lipinski definition) is 2. The Morgan fingerprint density at radius 2 is 2.14 bits per heavy atom. The molecule has 1 heterocycles. The minimum absolute atomic E-state index is 0.0429. The van der Waals surface area contributed by atoms with Gasteiger partial charge in [0.2, 0.25) is 0 Å². The lowest BCUT2D eigenvalue weighted by Crippen LogP contribution is -2.38. The van der Waals surface area contributed by atoms with Crippen molar-refractivity contribution in [1.29, 1.82) is 0 Å². The van der Waals surface area contributed by atoms with Crippen LogP contribution in [0.5, 0.6) is 0 Å². The highest BCUT2D eigenvalue weighted by Gasteiger charge is 2.40. The zero-order valence-electron chi connectivity index (χ0n) is 11.1. The SMILES string of the molecule is O=C(NCCC(c1ccc(Br)nc1)C(F)(F)F)NC1CC1. The molecule has 1 aliphatic carbocycles. The van der Waals surface area contributed by atoms with Crippen molar-refractivity contribution >= 4 is 22.0 Å². The van der Waals surface area contributed by atoms with E-state index in [1.165, 1.54) is 18.3 Å². The van der Waals surface area contributed by atoms with Crippen LogP contribution in [-0.2, 0) is 0 Å². The van der Waals surface area contributed by atoms with E-state index < -0.39 is 18.1 Å². The van der Waals surface area contributed by atoms with Crippen LogP contribution in [0.25, 0.3) is 0 Å². The third-order valence-electron chi connectivity index (χ3n) is 3.18. The summed E-state index contributed by atoms with van der Waals surface area (Å²) in [5, 5.41) is 5.12. The van der Waals surface area contributed by atoms with Crippen molar-refractivity contribution in [3.05, 3.63) is 28.5 Å². The molecule has 0 aliphatic heterocycles. The zero-order chi connectivity index (χ0) is 15.5. The van der Waals surface area contributed by atoms with E-state index in [0.29, 0.717) is 4.60 Å². The van der Waals surface area contributed by atoms with Gasteiger partial charge in [-0.2, -0.15) is 13.2 Å². The van der Waals surface area contributed by atoms with Crippen molar-refractivity contribution in [2.45, 2.75) is 37.4 Å². The maximum atomic E-state index is 13.1. The molecular formula is C13H15BrF3N3O. The monoisotopic (exact) mass is 365 g/mol. The minimum atomic E-state index is -4.37. The fourth-order valence-corrected chi connectivity index (χ4v) is 2.14. The van der Waals surface area contributed by atoms with Crippen LogP contribution in [0.1, 0.15) is 30.7 Å². The maximum absolute atomic E-state index is 13.1. The molecule has 21 heavy (non-hydrogen) atoms. The quantitative estimate of drug-likeness (QED) is 0.786. The molecule has 8 heteroatoms. The van der Waals surface area contributed by atoms with E-state index in [2.05, 4.69) is 31.5 Å². The van der Waals surface area contributed by atoms with Gasteiger partial charge in [-0.15, -0.1) is 0 Å². The van der Waals surface area contributed by atoms with Crippen LogP contribution in [-0.4, -0.2) is 29.8 Å². The molecule has 0 saturated heterocycles. The number of nitrogens with zero attached hydrogens (tertiary/aromatic N) is 1. The first-order valence-corrected chi connectivity index (χ1v) is 7.38. The van der Waals surface area contributed by atoms with Crippen LogP contribution in [0.4, 0.5) is 18.0 Å². The number of rotatable bonds is 5. The van der Waals surface area contributed by atoms with E-state index in [9.17, 15) is 18.0 Å². The molecule has 1 aromatic rings. The Kier molecular flexibility index (Phi) is 5.08. The van der Waals surface area contributed by atoms with Crippen molar-refractivity contribution in [2.24, 2.45) is 0 Å². The van der Waals surface area contributed by atoms with Crippen molar-refractivity contribution in [3.63, 3.8) is 0 Å². The van der Waals surface area contributed by atoms with Gasteiger partial charge >= 0.3 is 12.2 Å². The molecule has 116 valence electrons. The van der Waals surface area contributed by atoms with Gasteiger partial charge in [0.25, 0.3) is 0 Å². The molecule has 1 aliphatic rings. The number of carbonyl (C=O) groups excluding carboxylic acids is 1. The Bertz CT molecular complexity index is 488. The number of urea groups is 1. The van der Waals surface area contributed by atoms with Crippen molar-refractivity contribution in [2.75, 3.05) is 6.54 Å². The van der Waals surface area contributed by atoms with Crippen molar-refractivity contribution in [3.8, 4) is 0 Å². The molecule has 2 rings (SSSR count). The summed E-state index contributed by atoms with van der Waals surface area (Å²) in [7, 11) is 0. The fourth-order valence-electron chi connectivity index (χ4n) is 1.91. The molecule has 1 fully saturated rings. The lowest BCUT2D eigenvalue weighted by Gasteiger charge is -2.20. The predicted molar refractivity (Wildman–Crippen MR) is 74.9 cm³/mol. The number of halogens is 4. The molecule has 1 aromatic heterocycles. The van der Waals surface area contributed by atoms with Crippen LogP contribution in [0.2, 0.25) is 0 Å². The van der Waals surface area contributed by atoms with E-state index in [1.807, 2.05) is 0 Å². The Morgan fingerprint density at radius 3 is 2.67 bits per heavy atom. The number of aromatic nitrogens is 1. The fraction of sp³-hybridized carbons (Fsp3) is 0.538. The number of carbonyl (C=O) groups is 1. The second-order valence-corrected chi connectivity index (χ2v) is 5.78. The molecule has 1 saturated carbocycles. The van der Waals surface area contributed by atoms with E-state index in [1.54, 1.807) is 0 Å². The third-order valence-corrected chi connectivity index (χ3v) is 3.65. The summed E-state index contributed by atoms with van der Waals surface area (Å²) >= 11 is 3.09. The second-order valence-electron chi connectivity index (χ2n) is 4.97. The number of pyridine rings is 1. The van der Waals surface area contributed by atoms with Crippen LogP contribution < -0.4 is 10.6 Å². The summed E-state index contributed by atoms with van der Waals surface area (Å²) < 4.78 is 39.7. The van der Waals surface area contributed by atoms with Gasteiger partial charge in [-0.3, -0.25) is 0 Å². The normalized spacial score (nSPS) is 16.4. The summed E-state index contributed by atoms with van der Waals surface area (Å²) in [6.07, 6.45) is -1.52. The molecule has 4 nitrogen and oxygen atoms in total. The van der Waals surface area contributed by atoms with Crippen LogP contribution in [0.15, 0.2) is 22.9 Å². The highest BCUT2D eigenvalue weighted by Crippen LogP contribution is 2.37. The van der Waals surface area contributed by atoms with Gasteiger partial charge in [-0.05, 0) is 46.8 Å². The van der Waals surface area contributed by atoms with Gasteiger partial charge < -0.3 is 10.6 Å². The Hall–Kier alpha value is -1.31. The average molecular weight is 366 g/mol. The number of nitrogens with one attached hydrogen (secondary N) is 2. The highest BCUT2D eigenvalue weighted by atomic mass is 79.9. The first-order valence-electron chi connectivity index (χ1n) is 6.59. The Labute approximate surface area is 128 Å². The maximum Gasteiger partial charge on any atom is 0.395 e. The van der Waals surface area contributed by atoms with Gasteiger partial charge in [-0.25, -0.2) is 9.78 Å². The summed E-state index contributed by atoms with van der Waals surface area (Å²) in [5.41, 5.74) is 0.0927. The van der Waals surface area contributed by atoms with Gasteiger partial charge in [0.15, 0.2) is 0 Å². The lowest BCUT2D eigenvalue weighted by atomic mass is 9.97. The standard InChI is InChI=1S/C13H15BrF3N3O/c14-11-4-1-8(7-19-11)10(13(15,16)17)5-6-18-12(21)20-9-2-3-9/h1,4,7,9-10H,2-3,5-6H2,(H2,18,20,21). The van der Waals surface area contributed by atoms with Crippen LogP contribution >= 0.6 is 15.9 Å². The molecule has 2 N–H and O–H groups in total. The van der Waals surface area contributed by atoms with E-state index >= 15 is 0 Å². The van der Waals surface area contributed by atoms with Crippen molar-refractivity contribution in [1.82, 2.24) is 15.6 Å². The minimum Gasteiger partial charge on any atom is -0.338 e. The highest BCUT2D eigenvalue weighted by molar-refractivity contribution is 9.10. The lowest BCUT2D eigenvalue weighted by molar-refractivity contribution is -0.151. The molecule has 0 aromatic carbocycles. The summed E-state index contributed by atoms with van der Waals surface area (Å²) in [4.78, 5) is 15.2. The van der Waals surface area contributed by atoms with Crippen LogP contribution in [0.3, 0.4) is 0 Å². The van der Waals surface area contributed by atoms with Crippen molar-refractivity contribution < 1.29 is 18.0 Å². The smallest absolute Gasteiger partial charge is 0.338 e. The molecule has 0 radical (unpaired) electrons. The molecule has 0 bridgehead atoms. The topological polar surface area (TPSA) is 54.0 Å². The predicted octanol–water partition coefficient (Wildman–Crippen LogP) is 3.34. The number of alkyl halides is 3. The molecule has 2 amide bonds. The van der Waals surface area contributed by atoms with E-state index in [0.717, 1.165) is 12.8 Å². The zero-order valence-corrected chi connectivity index (χ0v) is 12.7. The van der Waals surface area contributed by atoms with E-state index in [-0.39, 0.29) is 24.6 Å². The average Bonchev–Trinajstić information content (AvgIpc) is 3.18.